The van der Waals surface area contributed by atoms with Gasteiger partial charge < -0.3 is 10.2 Å². The Balaban J connectivity index is 2.69. The van der Waals surface area contributed by atoms with Gasteiger partial charge in [0, 0.05) is 5.56 Å². The van der Waals surface area contributed by atoms with Crippen LogP contribution in [0.25, 0.3) is 11.1 Å². The van der Waals surface area contributed by atoms with E-state index >= 15 is 0 Å². The highest BCUT2D eigenvalue weighted by Gasteiger charge is 2.12. The third kappa shape index (κ3) is 1.86. The molecular formula is C15H16O2. The van der Waals surface area contributed by atoms with Crippen LogP contribution in [0.4, 0.5) is 0 Å². The molecule has 0 bridgehead atoms. The van der Waals surface area contributed by atoms with Crippen LogP contribution in [0.5, 0.6) is 11.5 Å². The predicted octanol–water partition coefficient (Wildman–Crippen LogP) is 3.69. The van der Waals surface area contributed by atoms with Crippen LogP contribution in [0.1, 0.15) is 16.7 Å². The Hall–Kier alpha value is -1.96. The van der Waals surface area contributed by atoms with Crippen LogP contribution in [0.2, 0.25) is 0 Å². The molecule has 0 amide bonds. The van der Waals surface area contributed by atoms with Gasteiger partial charge in [-0.05, 0) is 49.1 Å². The molecule has 0 radical (unpaired) electrons. The number of aryl methyl sites for hydroxylation is 1. The molecule has 88 valence electrons. The summed E-state index contributed by atoms with van der Waals surface area (Å²) in [5.41, 5.74) is 4.35. The lowest BCUT2D eigenvalue weighted by molar-refractivity contribution is 0.469. The molecule has 0 fully saturated rings. The molecule has 0 aromatic heterocycles. The number of hydrogen-bond donors (Lipinski definition) is 2. The zero-order valence-corrected chi connectivity index (χ0v) is 10.3. The molecule has 0 heterocycles. The Morgan fingerprint density at radius 3 is 2.18 bits per heavy atom. The summed E-state index contributed by atoms with van der Waals surface area (Å²) in [4.78, 5) is 0. The molecule has 0 aliphatic heterocycles. The van der Waals surface area contributed by atoms with E-state index < -0.39 is 0 Å². The fraction of sp³-hybridized carbons (Fsp3) is 0.200. The van der Waals surface area contributed by atoms with E-state index in [1.165, 1.54) is 0 Å². The first-order valence-electron chi connectivity index (χ1n) is 5.60. The van der Waals surface area contributed by atoms with E-state index in [9.17, 15) is 10.2 Å². The first-order valence-corrected chi connectivity index (χ1v) is 5.60. The van der Waals surface area contributed by atoms with Crippen molar-refractivity contribution < 1.29 is 10.2 Å². The van der Waals surface area contributed by atoms with Crippen molar-refractivity contribution in [2.45, 2.75) is 20.8 Å². The summed E-state index contributed by atoms with van der Waals surface area (Å²) in [6.07, 6.45) is 0. The summed E-state index contributed by atoms with van der Waals surface area (Å²) in [6.45, 7) is 5.71. The van der Waals surface area contributed by atoms with Gasteiger partial charge in [-0.15, -0.1) is 0 Å². The van der Waals surface area contributed by atoms with E-state index in [1.807, 2.05) is 39.0 Å². The average Bonchev–Trinajstić information content (AvgIpc) is 2.31. The molecule has 17 heavy (non-hydrogen) atoms. The lowest BCUT2D eigenvalue weighted by atomic mass is 9.95. The van der Waals surface area contributed by atoms with Gasteiger partial charge in [0.25, 0.3) is 0 Å². The van der Waals surface area contributed by atoms with E-state index in [0.717, 1.165) is 27.8 Å². The minimum Gasteiger partial charge on any atom is -0.508 e. The Kier molecular flexibility index (Phi) is 2.80. The van der Waals surface area contributed by atoms with Crippen molar-refractivity contribution in [1.82, 2.24) is 0 Å². The molecule has 2 aromatic carbocycles. The van der Waals surface area contributed by atoms with Crippen LogP contribution in [0.15, 0.2) is 30.3 Å². The van der Waals surface area contributed by atoms with Gasteiger partial charge in [0.1, 0.15) is 11.5 Å². The maximum absolute atomic E-state index is 10.2. The van der Waals surface area contributed by atoms with Crippen molar-refractivity contribution in [3.63, 3.8) is 0 Å². The summed E-state index contributed by atoms with van der Waals surface area (Å²) in [7, 11) is 0. The second-order valence-corrected chi connectivity index (χ2v) is 4.35. The highest BCUT2D eigenvalue weighted by atomic mass is 16.3. The highest BCUT2D eigenvalue weighted by Crippen LogP contribution is 2.37. The fourth-order valence-corrected chi connectivity index (χ4v) is 1.93. The van der Waals surface area contributed by atoms with Gasteiger partial charge >= 0.3 is 0 Å². The smallest absolute Gasteiger partial charge is 0.126 e. The normalized spacial score (nSPS) is 10.5. The van der Waals surface area contributed by atoms with Gasteiger partial charge in [0.15, 0.2) is 0 Å². The van der Waals surface area contributed by atoms with Crippen molar-refractivity contribution in [1.29, 1.82) is 0 Å². The van der Waals surface area contributed by atoms with Gasteiger partial charge in [0.2, 0.25) is 0 Å². The van der Waals surface area contributed by atoms with Crippen LogP contribution in [0, 0.1) is 20.8 Å². The molecule has 0 aliphatic rings. The van der Waals surface area contributed by atoms with Crippen molar-refractivity contribution in [2.24, 2.45) is 0 Å². The summed E-state index contributed by atoms with van der Waals surface area (Å²) in [5.74, 6) is 0.541. The highest BCUT2D eigenvalue weighted by molar-refractivity contribution is 5.76. The first kappa shape index (κ1) is 11.5. The molecule has 0 saturated carbocycles. The third-order valence-electron chi connectivity index (χ3n) is 3.30. The monoisotopic (exact) mass is 228 g/mol. The van der Waals surface area contributed by atoms with Gasteiger partial charge in [-0.25, -0.2) is 0 Å². The molecule has 0 atom stereocenters. The van der Waals surface area contributed by atoms with E-state index in [4.69, 9.17) is 0 Å². The molecule has 2 nitrogen and oxygen atoms in total. The Morgan fingerprint density at radius 2 is 1.47 bits per heavy atom. The number of phenols is 2. The van der Waals surface area contributed by atoms with Crippen LogP contribution in [-0.4, -0.2) is 10.2 Å². The number of rotatable bonds is 1. The molecule has 0 saturated heterocycles. The minimum absolute atomic E-state index is 0.250. The minimum atomic E-state index is 0.250. The van der Waals surface area contributed by atoms with Gasteiger partial charge in [-0.3, -0.25) is 0 Å². The van der Waals surface area contributed by atoms with Gasteiger partial charge in [-0.2, -0.15) is 0 Å². The van der Waals surface area contributed by atoms with Crippen molar-refractivity contribution >= 4 is 0 Å². The Labute approximate surface area is 101 Å². The van der Waals surface area contributed by atoms with Crippen LogP contribution in [-0.2, 0) is 0 Å². The lowest BCUT2D eigenvalue weighted by Gasteiger charge is -2.12. The second-order valence-electron chi connectivity index (χ2n) is 4.35. The maximum Gasteiger partial charge on any atom is 0.126 e. The zero-order valence-electron chi connectivity index (χ0n) is 10.3. The van der Waals surface area contributed by atoms with E-state index in [-0.39, 0.29) is 5.75 Å². The number of phenolic OH excluding ortho intramolecular Hbond substituents is 2. The number of benzene rings is 2. The van der Waals surface area contributed by atoms with E-state index in [2.05, 4.69) is 0 Å². The molecule has 2 heteroatoms. The standard InChI is InChI=1S/C15H16O2/c1-9-7-8-13(15(17)10(9)2)12-5-4-6-14(16)11(12)3/h4-8,16-17H,1-3H3. The molecular weight excluding hydrogens is 212 g/mol. The summed E-state index contributed by atoms with van der Waals surface area (Å²) in [6, 6.07) is 9.20. The average molecular weight is 228 g/mol. The third-order valence-corrected chi connectivity index (χ3v) is 3.30. The lowest BCUT2D eigenvalue weighted by Crippen LogP contribution is -1.89. The van der Waals surface area contributed by atoms with Crippen LogP contribution < -0.4 is 0 Å². The summed E-state index contributed by atoms with van der Waals surface area (Å²) in [5, 5.41) is 19.9. The van der Waals surface area contributed by atoms with E-state index in [1.54, 1.807) is 12.1 Å². The van der Waals surface area contributed by atoms with Gasteiger partial charge in [0.05, 0.1) is 0 Å². The SMILES string of the molecule is Cc1ccc(-c2cccc(O)c2C)c(O)c1C. The maximum atomic E-state index is 10.2. The van der Waals surface area contributed by atoms with Crippen molar-refractivity contribution in [2.75, 3.05) is 0 Å². The fourth-order valence-electron chi connectivity index (χ4n) is 1.93. The summed E-state index contributed by atoms with van der Waals surface area (Å²) < 4.78 is 0. The molecule has 2 aromatic rings. The number of aromatic hydroxyl groups is 2. The van der Waals surface area contributed by atoms with E-state index in [0.29, 0.717) is 5.75 Å². The molecule has 2 rings (SSSR count). The molecule has 2 N–H and O–H groups in total. The van der Waals surface area contributed by atoms with Crippen LogP contribution in [0.3, 0.4) is 0 Å². The largest absolute Gasteiger partial charge is 0.508 e. The topological polar surface area (TPSA) is 40.5 Å². The molecule has 0 unspecified atom stereocenters. The van der Waals surface area contributed by atoms with Gasteiger partial charge in [-0.1, -0.05) is 24.3 Å². The number of hydrogen-bond acceptors (Lipinski definition) is 2. The van der Waals surface area contributed by atoms with Crippen molar-refractivity contribution in [3.8, 4) is 22.6 Å². The zero-order chi connectivity index (χ0) is 12.6. The predicted molar refractivity (Wildman–Crippen MR) is 69.4 cm³/mol. The summed E-state index contributed by atoms with van der Waals surface area (Å²) >= 11 is 0. The Bertz CT molecular complexity index is 571. The first-order chi connectivity index (χ1) is 8.02. The Morgan fingerprint density at radius 1 is 0.765 bits per heavy atom. The molecule has 0 spiro atoms. The second kappa shape index (κ2) is 4.13. The van der Waals surface area contributed by atoms with Crippen LogP contribution >= 0.6 is 0 Å². The molecule has 0 aliphatic carbocycles. The quantitative estimate of drug-likeness (QED) is 0.781. The van der Waals surface area contributed by atoms with Crippen molar-refractivity contribution in [3.05, 3.63) is 47.0 Å².